The second-order valence-electron chi connectivity index (χ2n) is 9.49. The molecule has 216 valence electrons. The van der Waals surface area contributed by atoms with Crippen molar-refractivity contribution in [1.29, 1.82) is 0 Å². The maximum Gasteiger partial charge on any atom is 0.437 e. The van der Waals surface area contributed by atoms with Crippen molar-refractivity contribution in [2.75, 3.05) is 37.8 Å². The summed E-state index contributed by atoms with van der Waals surface area (Å²) in [5.74, 6) is -0.408. The highest BCUT2D eigenvalue weighted by Crippen LogP contribution is 2.26. The molecule has 4 rings (SSSR count). The molecule has 1 atom stereocenters. The number of hydrogen-bond donors (Lipinski definition) is 2. The number of aliphatic imine (C=N–C) groups is 1. The smallest absolute Gasteiger partial charge is 0.437 e. The van der Waals surface area contributed by atoms with Crippen LogP contribution in [0, 0.1) is 5.82 Å². The maximum atomic E-state index is 15.1. The van der Waals surface area contributed by atoms with Crippen molar-refractivity contribution in [3.05, 3.63) is 42.0 Å². The van der Waals surface area contributed by atoms with Gasteiger partial charge in [-0.25, -0.2) is 19.2 Å². The number of anilines is 1. The third kappa shape index (κ3) is 8.85. The first kappa shape index (κ1) is 29.2. The van der Waals surface area contributed by atoms with E-state index < -0.39 is 17.9 Å². The zero-order valence-corrected chi connectivity index (χ0v) is 22.5. The fourth-order valence-corrected chi connectivity index (χ4v) is 4.33. The molecule has 13 heteroatoms. The van der Waals surface area contributed by atoms with Crippen molar-refractivity contribution in [2.45, 2.75) is 57.8 Å². The van der Waals surface area contributed by atoms with Gasteiger partial charge in [-0.05, 0) is 32.1 Å². The van der Waals surface area contributed by atoms with Gasteiger partial charge in [-0.3, -0.25) is 0 Å². The Morgan fingerprint density at radius 2 is 1.90 bits per heavy atom. The number of benzene rings is 1. The van der Waals surface area contributed by atoms with Crippen LogP contribution in [-0.2, 0) is 25.7 Å². The molecule has 1 amide bonds. The van der Waals surface area contributed by atoms with Gasteiger partial charge in [0.25, 0.3) is 0 Å². The van der Waals surface area contributed by atoms with E-state index in [2.05, 4.69) is 25.0 Å². The lowest BCUT2D eigenvalue weighted by atomic mass is 10.1. The van der Waals surface area contributed by atoms with Crippen LogP contribution in [-0.4, -0.2) is 66.9 Å². The quantitative estimate of drug-likeness (QED) is 0.181. The molecule has 12 nitrogen and oxygen atoms in total. The molecular formula is C27H36FN7O5. The molecule has 40 heavy (non-hydrogen) atoms. The van der Waals surface area contributed by atoms with E-state index in [1.165, 1.54) is 12.5 Å². The van der Waals surface area contributed by atoms with Crippen molar-refractivity contribution in [2.24, 2.45) is 21.6 Å². The minimum Gasteiger partial charge on any atom is -0.443 e. The first-order chi connectivity index (χ1) is 19.5. The van der Waals surface area contributed by atoms with E-state index in [0.29, 0.717) is 43.4 Å². The zero-order chi connectivity index (χ0) is 28.2. The number of unbranched alkanes of at least 4 members (excludes halogenated alkanes) is 1. The number of carbonyl (C=O) groups excluding carboxylic acids is 1. The number of carbonyl (C=O) groups is 1. The SMILES string of the molecule is NC(N)=NC(=O)OCc1cccc(-c2cnc(N3CCC(=NOCCCCOC4CCCCO4)CC3)nc2)c1F. The standard InChI is InChI=1S/C27H36FN7O5/c28-24-19(18-39-27(36)33-25(29)30)6-5-7-22(24)20-16-31-26(32-17-20)35-11-9-21(10-12-35)34-40-15-4-3-14-38-23-8-1-2-13-37-23/h5-7,16-17,23H,1-4,8-15,18H2,(H4,29,30,33,36). The van der Waals surface area contributed by atoms with E-state index in [-0.39, 0.29) is 18.5 Å². The van der Waals surface area contributed by atoms with E-state index >= 15 is 4.39 Å². The lowest BCUT2D eigenvalue weighted by molar-refractivity contribution is -0.163. The molecule has 2 aliphatic heterocycles. The Morgan fingerprint density at radius 3 is 2.62 bits per heavy atom. The second-order valence-corrected chi connectivity index (χ2v) is 9.49. The molecule has 0 bridgehead atoms. The third-order valence-electron chi connectivity index (χ3n) is 6.49. The van der Waals surface area contributed by atoms with Crippen LogP contribution in [0.5, 0.6) is 0 Å². The van der Waals surface area contributed by atoms with Crippen LogP contribution < -0.4 is 16.4 Å². The van der Waals surface area contributed by atoms with Crippen molar-refractivity contribution in [3.63, 3.8) is 0 Å². The number of hydrogen-bond acceptors (Lipinski definition) is 9. The topological polar surface area (TPSA) is 160 Å². The largest absolute Gasteiger partial charge is 0.443 e. The predicted octanol–water partition coefficient (Wildman–Crippen LogP) is 3.49. The summed E-state index contributed by atoms with van der Waals surface area (Å²) in [6.45, 7) is 3.12. The van der Waals surface area contributed by atoms with Gasteiger partial charge in [0, 0.05) is 68.2 Å². The molecule has 4 N–H and O–H groups in total. The molecule has 0 aliphatic carbocycles. The Kier molecular flexibility index (Phi) is 11.0. The minimum absolute atomic E-state index is 0.0468. The highest BCUT2D eigenvalue weighted by atomic mass is 19.1. The van der Waals surface area contributed by atoms with E-state index in [4.69, 9.17) is 30.5 Å². The van der Waals surface area contributed by atoms with Gasteiger partial charge in [-0.15, -0.1) is 4.99 Å². The van der Waals surface area contributed by atoms with Crippen LogP contribution in [0.25, 0.3) is 11.1 Å². The summed E-state index contributed by atoms with van der Waals surface area (Å²) in [5.41, 5.74) is 12.3. The molecule has 0 saturated carbocycles. The molecule has 1 aromatic heterocycles. The van der Waals surface area contributed by atoms with Gasteiger partial charge in [0.15, 0.2) is 12.2 Å². The summed E-state index contributed by atoms with van der Waals surface area (Å²) < 4.78 is 31.2. The molecule has 2 aliphatic rings. The Morgan fingerprint density at radius 1 is 1.12 bits per heavy atom. The van der Waals surface area contributed by atoms with Gasteiger partial charge >= 0.3 is 6.09 Å². The Hall–Kier alpha value is -3.84. The normalized spacial score (nSPS) is 17.3. The number of piperidine rings is 1. The van der Waals surface area contributed by atoms with Gasteiger partial charge < -0.3 is 35.4 Å². The van der Waals surface area contributed by atoms with E-state index in [1.807, 2.05) is 0 Å². The average Bonchev–Trinajstić information content (AvgIpc) is 2.97. The van der Waals surface area contributed by atoms with Crippen molar-refractivity contribution in [3.8, 4) is 11.1 Å². The van der Waals surface area contributed by atoms with Gasteiger partial charge in [-0.2, -0.15) is 0 Å². The minimum atomic E-state index is -0.996. The van der Waals surface area contributed by atoms with Crippen LogP contribution in [0.15, 0.2) is 40.7 Å². The highest BCUT2D eigenvalue weighted by molar-refractivity contribution is 5.88. The molecule has 0 spiro atoms. The maximum absolute atomic E-state index is 15.1. The monoisotopic (exact) mass is 557 g/mol. The van der Waals surface area contributed by atoms with Crippen molar-refractivity contribution >= 4 is 23.7 Å². The molecule has 0 radical (unpaired) electrons. The summed E-state index contributed by atoms with van der Waals surface area (Å²) in [6, 6.07) is 4.77. The fourth-order valence-electron chi connectivity index (χ4n) is 4.33. The Balaban J connectivity index is 1.19. The number of rotatable bonds is 11. The molecule has 2 saturated heterocycles. The number of oxime groups is 1. The van der Waals surface area contributed by atoms with Crippen LogP contribution >= 0.6 is 0 Å². The van der Waals surface area contributed by atoms with Crippen LogP contribution in [0.1, 0.15) is 50.5 Å². The fraction of sp³-hybridized carbons (Fsp3) is 0.519. The van der Waals surface area contributed by atoms with E-state index in [9.17, 15) is 4.79 Å². The number of ether oxygens (including phenoxy) is 3. The number of amides is 1. The number of aromatic nitrogens is 2. The molecule has 2 aromatic rings. The molecule has 1 unspecified atom stereocenters. The highest BCUT2D eigenvalue weighted by Gasteiger charge is 2.19. The summed E-state index contributed by atoms with van der Waals surface area (Å²) in [5, 5.41) is 4.30. The molecule has 3 heterocycles. The Bertz CT molecular complexity index is 1160. The molecule has 2 fully saturated rings. The average molecular weight is 558 g/mol. The second kappa shape index (κ2) is 15.1. The first-order valence-corrected chi connectivity index (χ1v) is 13.5. The third-order valence-corrected chi connectivity index (χ3v) is 6.49. The van der Waals surface area contributed by atoms with Crippen LogP contribution in [0.3, 0.4) is 0 Å². The predicted molar refractivity (Wildman–Crippen MR) is 147 cm³/mol. The Labute approximate surface area is 232 Å². The van der Waals surface area contributed by atoms with Crippen LogP contribution in [0.4, 0.5) is 15.1 Å². The molecule has 1 aromatic carbocycles. The number of nitrogens with zero attached hydrogens (tertiary/aromatic N) is 5. The summed E-state index contributed by atoms with van der Waals surface area (Å²) in [6.07, 6.45) is 8.67. The van der Waals surface area contributed by atoms with Gasteiger partial charge in [0.05, 0.1) is 5.71 Å². The van der Waals surface area contributed by atoms with Gasteiger partial charge in [-0.1, -0.05) is 23.4 Å². The van der Waals surface area contributed by atoms with Gasteiger partial charge in [0.2, 0.25) is 5.95 Å². The number of halogens is 1. The van der Waals surface area contributed by atoms with Gasteiger partial charge in [0.1, 0.15) is 19.0 Å². The lowest BCUT2D eigenvalue weighted by Crippen LogP contribution is -2.35. The summed E-state index contributed by atoms with van der Waals surface area (Å²) >= 11 is 0. The summed E-state index contributed by atoms with van der Waals surface area (Å²) in [4.78, 5) is 31.2. The number of guanidine groups is 1. The number of nitrogens with two attached hydrogens (primary N) is 2. The van der Waals surface area contributed by atoms with Crippen LogP contribution in [0.2, 0.25) is 0 Å². The zero-order valence-electron chi connectivity index (χ0n) is 22.5. The van der Waals surface area contributed by atoms with Crippen molar-refractivity contribution < 1.29 is 28.2 Å². The summed E-state index contributed by atoms with van der Waals surface area (Å²) in [7, 11) is 0. The van der Waals surface area contributed by atoms with E-state index in [0.717, 1.165) is 50.8 Å². The lowest BCUT2D eigenvalue weighted by Gasteiger charge is -2.27. The van der Waals surface area contributed by atoms with E-state index in [1.54, 1.807) is 24.5 Å². The molecular weight excluding hydrogens is 521 g/mol. The van der Waals surface area contributed by atoms with Crippen molar-refractivity contribution in [1.82, 2.24) is 9.97 Å². The first-order valence-electron chi connectivity index (χ1n) is 13.5.